The molecule has 9 heteroatoms. The Balaban J connectivity index is 1.24. The van der Waals surface area contributed by atoms with Crippen LogP contribution < -0.4 is 15.5 Å². The lowest BCUT2D eigenvalue weighted by atomic mass is 10.1. The molecule has 1 aliphatic heterocycles. The van der Waals surface area contributed by atoms with Gasteiger partial charge in [-0.15, -0.1) is 0 Å². The van der Waals surface area contributed by atoms with Crippen LogP contribution in [0.25, 0.3) is 22.6 Å². The van der Waals surface area contributed by atoms with Crippen LogP contribution in [0.15, 0.2) is 89.7 Å². The van der Waals surface area contributed by atoms with Crippen LogP contribution in [0.5, 0.6) is 0 Å². The monoisotopic (exact) mass is 576 g/mol. The quantitative estimate of drug-likeness (QED) is 0.218. The third-order valence-electron chi connectivity index (χ3n) is 7.60. The van der Waals surface area contributed by atoms with E-state index >= 15 is 0 Å². The van der Waals surface area contributed by atoms with Gasteiger partial charge in [0.05, 0.1) is 12.0 Å². The lowest BCUT2D eigenvalue weighted by Crippen LogP contribution is -2.44. The zero-order valence-corrected chi connectivity index (χ0v) is 24.4. The zero-order valence-electron chi connectivity index (χ0n) is 24.4. The SMILES string of the molecule is Cc1coc(-c2cc(NC(=O)c3ccc(C)c(Nc4nccc(-c5ccc(F)cc5)n4)c3)cc(N3CCN(C)CC3)c2)c1. The maximum atomic E-state index is 13.5. The minimum Gasteiger partial charge on any atom is -0.464 e. The van der Waals surface area contributed by atoms with Crippen LogP contribution in [0.2, 0.25) is 0 Å². The van der Waals surface area contributed by atoms with Gasteiger partial charge >= 0.3 is 0 Å². The molecule has 43 heavy (non-hydrogen) atoms. The summed E-state index contributed by atoms with van der Waals surface area (Å²) in [6.07, 6.45) is 3.38. The van der Waals surface area contributed by atoms with Gasteiger partial charge in [0.1, 0.15) is 11.6 Å². The molecule has 5 aromatic rings. The molecule has 0 unspecified atom stereocenters. The van der Waals surface area contributed by atoms with Gasteiger partial charge in [0, 0.05) is 66.1 Å². The van der Waals surface area contributed by atoms with Crippen molar-refractivity contribution < 1.29 is 13.6 Å². The van der Waals surface area contributed by atoms with Crippen molar-refractivity contribution in [3.8, 4) is 22.6 Å². The van der Waals surface area contributed by atoms with Gasteiger partial charge in [0.2, 0.25) is 5.95 Å². The van der Waals surface area contributed by atoms with E-state index in [2.05, 4.69) is 43.5 Å². The highest BCUT2D eigenvalue weighted by molar-refractivity contribution is 6.05. The molecule has 0 atom stereocenters. The Morgan fingerprint density at radius 1 is 0.907 bits per heavy atom. The Labute approximate surface area is 250 Å². The van der Waals surface area contributed by atoms with Crippen LogP contribution in [0.4, 0.5) is 27.4 Å². The number of amides is 1. The van der Waals surface area contributed by atoms with E-state index in [9.17, 15) is 9.18 Å². The van der Waals surface area contributed by atoms with Gasteiger partial charge in [0.15, 0.2) is 0 Å². The van der Waals surface area contributed by atoms with Crippen LogP contribution in [-0.4, -0.2) is 54.0 Å². The normalized spacial score (nSPS) is 13.6. The lowest BCUT2D eigenvalue weighted by molar-refractivity contribution is 0.102. The first-order valence-electron chi connectivity index (χ1n) is 14.2. The fraction of sp³-hybridized carbons (Fsp3) is 0.206. The third kappa shape index (κ3) is 6.57. The number of carbonyl (C=O) groups excluding carboxylic acids is 1. The Morgan fingerprint density at radius 2 is 1.70 bits per heavy atom. The summed E-state index contributed by atoms with van der Waals surface area (Å²) in [5.74, 6) is 0.593. The third-order valence-corrected chi connectivity index (χ3v) is 7.60. The molecule has 1 saturated heterocycles. The van der Waals surface area contributed by atoms with Crippen LogP contribution in [-0.2, 0) is 0 Å². The number of nitrogens with one attached hydrogen (secondary N) is 2. The first-order chi connectivity index (χ1) is 20.8. The Morgan fingerprint density at radius 3 is 2.44 bits per heavy atom. The summed E-state index contributed by atoms with van der Waals surface area (Å²) < 4.78 is 19.2. The fourth-order valence-electron chi connectivity index (χ4n) is 5.08. The second-order valence-corrected chi connectivity index (χ2v) is 10.9. The zero-order chi connectivity index (χ0) is 29.9. The first-order valence-corrected chi connectivity index (χ1v) is 14.2. The Kier molecular flexibility index (Phi) is 7.89. The number of carbonyl (C=O) groups is 1. The number of aryl methyl sites for hydroxylation is 2. The van der Waals surface area contributed by atoms with Gasteiger partial charge in [0.25, 0.3) is 5.91 Å². The molecule has 2 N–H and O–H groups in total. The first kappa shape index (κ1) is 28.1. The fourth-order valence-corrected chi connectivity index (χ4v) is 5.08. The van der Waals surface area contributed by atoms with E-state index in [4.69, 9.17) is 4.42 Å². The molecule has 0 bridgehead atoms. The average molecular weight is 577 g/mol. The van der Waals surface area contributed by atoms with Crippen molar-refractivity contribution in [2.24, 2.45) is 0 Å². The maximum Gasteiger partial charge on any atom is 0.255 e. The van der Waals surface area contributed by atoms with Crippen molar-refractivity contribution in [2.45, 2.75) is 13.8 Å². The summed E-state index contributed by atoms with van der Waals surface area (Å²) in [5.41, 5.74) is 7.24. The van der Waals surface area contributed by atoms with E-state index < -0.39 is 0 Å². The number of benzene rings is 3. The number of aromatic nitrogens is 2. The molecule has 1 fully saturated rings. The number of halogens is 1. The molecule has 2 aromatic heterocycles. The lowest BCUT2D eigenvalue weighted by Gasteiger charge is -2.34. The van der Waals surface area contributed by atoms with Crippen molar-refractivity contribution in [2.75, 3.05) is 48.8 Å². The van der Waals surface area contributed by atoms with E-state index in [1.54, 1.807) is 42.8 Å². The number of rotatable bonds is 7. The van der Waals surface area contributed by atoms with Gasteiger partial charge in [-0.25, -0.2) is 14.4 Å². The number of hydrogen-bond acceptors (Lipinski definition) is 7. The predicted molar refractivity (Wildman–Crippen MR) is 168 cm³/mol. The average Bonchev–Trinajstić information content (AvgIpc) is 3.45. The molecule has 3 heterocycles. The van der Waals surface area contributed by atoms with Gasteiger partial charge in [-0.05, 0) is 98.8 Å². The van der Waals surface area contributed by atoms with E-state index in [0.717, 1.165) is 59.9 Å². The van der Waals surface area contributed by atoms with Crippen molar-refractivity contribution in [1.29, 1.82) is 0 Å². The number of piperazine rings is 1. The number of nitrogens with zero attached hydrogens (tertiary/aromatic N) is 4. The Bertz CT molecular complexity index is 1760. The van der Waals surface area contributed by atoms with E-state index in [1.807, 2.05) is 38.1 Å². The maximum absolute atomic E-state index is 13.5. The molecule has 8 nitrogen and oxygen atoms in total. The summed E-state index contributed by atoms with van der Waals surface area (Å²) >= 11 is 0. The van der Waals surface area contributed by atoms with Gasteiger partial charge in [-0.3, -0.25) is 4.79 Å². The van der Waals surface area contributed by atoms with E-state index in [-0.39, 0.29) is 11.7 Å². The van der Waals surface area contributed by atoms with Crippen molar-refractivity contribution in [1.82, 2.24) is 14.9 Å². The standard InChI is InChI=1S/C34H33FN6O2/c1-22-16-32(43-21-22)26-17-28(20-29(18-26)41-14-12-40(3)13-15-41)37-33(42)25-5-4-23(2)31(19-25)39-34-36-11-10-30(38-34)24-6-8-27(35)9-7-24/h4-11,16-21H,12-15H2,1-3H3,(H,37,42)(H,36,38,39). The minimum absolute atomic E-state index is 0.235. The summed E-state index contributed by atoms with van der Waals surface area (Å²) in [7, 11) is 2.13. The molecule has 0 saturated carbocycles. The molecule has 1 amide bonds. The van der Waals surface area contributed by atoms with E-state index in [0.29, 0.717) is 28.6 Å². The molecule has 6 rings (SSSR count). The largest absolute Gasteiger partial charge is 0.464 e. The second kappa shape index (κ2) is 12.1. The summed E-state index contributed by atoms with van der Waals surface area (Å²) in [6, 6.07) is 21.5. The van der Waals surface area contributed by atoms with Crippen LogP contribution in [0, 0.1) is 19.7 Å². The Hall–Kier alpha value is -5.02. The molecular formula is C34H33FN6O2. The van der Waals surface area contributed by atoms with Crippen LogP contribution in [0.3, 0.4) is 0 Å². The highest BCUT2D eigenvalue weighted by atomic mass is 19.1. The van der Waals surface area contributed by atoms with Gasteiger partial charge in [-0.2, -0.15) is 0 Å². The molecule has 1 aliphatic rings. The molecule has 0 spiro atoms. The second-order valence-electron chi connectivity index (χ2n) is 10.9. The smallest absolute Gasteiger partial charge is 0.255 e. The highest BCUT2D eigenvalue weighted by Crippen LogP contribution is 2.32. The summed E-state index contributed by atoms with van der Waals surface area (Å²) in [4.78, 5) is 27.1. The van der Waals surface area contributed by atoms with Crippen molar-refractivity contribution in [3.63, 3.8) is 0 Å². The summed E-state index contributed by atoms with van der Waals surface area (Å²) in [6.45, 7) is 7.70. The number of furan rings is 1. The molecule has 3 aromatic carbocycles. The number of anilines is 4. The molecular weight excluding hydrogens is 543 g/mol. The van der Waals surface area contributed by atoms with Crippen LogP contribution in [0.1, 0.15) is 21.5 Å². The van der Waals surface area contributed by atoms with Crippen LogP contribution >= 0.6 is 0 Å². The van der Waals surface area contributed by atoms with Gasteiger partial charge in [-0.1, -0.05) is 6.07 Å². The molecule has 218 valence electrons. The number of hydrogen-bond donors (Lipinski definition) is 2. The minimum atomic E-state index is -0.305. The number of likely N-dealkylation sites (N-methyl/N-ethyl adjacent to an activating group) is 1. The predicted octanol–water partition coefficient (Wildman–Crippen LogP) is 6.91. The topological polar surface area (TPSA) is 86.5 Å². The summed E-state index contributed by atoms with van der Waals surface area (Å²) in [5, 5.41) is 6.34. The van der Waals surface area contributed by atoms with Crippen molar-refractivity contribution >= 4 is 28.9 Å². The van der Waals surface area contributed by atoms with E-state index in [1.165, 1.54) is 12.1 Å². The molecule has 0 aliphatic carbocycles. The van der Waals surface area contributed by atoms with Crippen molar-refractivity contribution in [3.05, 3.63) is 108 Å². The highest BCUT2D eigenvalue weighted by Gasteiger charge is 2.18. The molecule has 0 radical (unpaired) electrons. The van der Waals surface area contributed by atoms with Gasteiger partial charge < -0.3 is 24.9 Å².